The van der Waals surface area contributed by atoms with Crippen LogP contribution in [0.25, 0.3) is 0 Å². The van der Waals surface area contributed by atoms with Gasteiger partial charge in [-0.2, -0.15) is 11.8 Å². The molecule has 0 aliphatic rings. The molecule has 1 aromatic carbocycles. The van der Waals surface area contributed by atoms with Crippen LogP contribution in [-0.2, 0) is 0 Å². The molecule has 0 aromatic heterocycles. The number of unbranched alkanes of at least 4 members (excludes halogenated alkanes) is 3. The highest BCUT2D eigenvalue weighted by Crippen LogP contribution is 2.13. The van der Waals surface area contributed by atoms with Crippen LogP contribution in [0.15, 0.2) is 24.3 Å². The van der Waals surface area contributed by atoms with Crippen molar-refractivity contribution in [2.24, 2.45) is 0 Å². The number of carbonyl (C=O) groups is 1. The average Bonchev–Trinajstić information content (AvgIpc) is 2.34. The smallest absolute Gasteiger partial charge is 0.172 e. The highest BCUT2D eigenvalue weighted by Gasteiger charge is 2.05. The summed E-state index contributed by atoms with van der Waals surface area (Å²) in [6, 6.07) is 6.46. The zero-order chi connectivity index (χ0) is 12.5. The first-order valence-corrected chi connectivity index (χ1v) is 7.29. The minimum absolute atomic E-state index is 0.144. The average molecular weight is 252 g/mol. The number of ketones is 1. The van der Waals surface area contributed by atoms with Gasteiger partial charge in [0, 0.05) is 5.56 Å². The number of benzene rings is 1. The van der Waals surface area contributed by atoms with Crippen LogP contribution in [0, 0.1) is 0 Å². The third-order valence-corrected chi connectivity index (χ3v) is 3.61. The minimum Gasteiger partial charge on any atom is -0.508 e. The van der Waals surface area contributed by atoms with E-state index in [1.807, 2.05) is 0 Å². The highest BCUT2D eigenvalue weighted by molar-refractivity contribution is 7.99. The molecule has 0 spiro atoms. The predicted octanol–water partition coefficient (Wildman–Crippen LogP) is 3.89. The van der Waals surface area contributed by atoms with Gasteiger partial charge in [0.1, 0.15) is 5.75 Å². The maximum Gasteiger partial charge on any atom is 0.172 e. The minimum atomic E-state index is 0.144. The lowest BCUT2D eigenvalue weighted by Crippen LogP contribution is -2.02. The van der Waals surface area contributed by atoms with E-state index in [4.69, 9.17) is 5.11 Å². The monoisotopic (exact) mass is 252 g/mol. The Hall–Kier alpha value is -0.960. The number of aromatic hydroxyl groups is 1. The summed E-state index contributed by atoms with van der Waals surface area (Å²) in [7, 11) is 0. The van der Waals surface area contributed by atoms with Gasteiger partial charge in [-0.05, 0) is 36.4 Å². The Morgan fingerprint density at radius 2 is 1.88 bits per heavy atom. The second kappa shape index (κ2) is 8.18. The summed E-state index contributed by atoms with van der Waals surface area (Å²) in [5.41, 5.74) is 0.684. The van der Waals surface area contributed by atoms with Gasteiger partial charge >= 0.3 is 0 Å². The second-order valence-corrected chi connectivity index (χ2v) is 5.19. The normalized spacial score (nSPS) is 10.4. The van der Waals surface area contributed by atoms with Crippen LogP contribution in [0.5, 0.6) is 5.75 Å². The van der Waals surface area contributed by atoms with Crippen LogP contribution in [0.4, 0.5) is 0 Å². The summed E-state index contributed by atoms with van der Waals surface area (Å²) in [4.78, 5) is 11.7. The maximum absolute atomic E-state index is 11.7. The molecule has 0 bridgehead atoms. The van der Waals surface area contributed by atoms with Crippen molar-refractivity contribution in [2.45, 2.75) is 32.6 Å². The number of carbonyl (C=O) groups excluding carboxylic acids is 1. The van der Waals surface area contributed by atoms with Crippen molar-refractivity contribution in [1.29, 1.82) is 0 Å². The summed E-state index contributed by atoms with van der Waals surface area (Å²) in [5.74, 6) is 1.94. The first kappa shape index (κ1) is 14.1. The third kappa shape index (κ3) is 5.78. The number of thioether (sulfide) groups is 1. The second-order valence-electron chi connectivity index (χ2n) is 4.08. The molecule has 0 unspecified atom stereocenters. The molecule has 0 amide bonds. The van der Waals surface area contributed by atoms with E-state index in [1.165, 1.54) is 25.7 Å². The Bertz CT molecular complexity index is 333. The SMILES string of the molecule is CCCCCCSCC(=O)c1ccc(O)cc1. The Labute approximate surface area is 107 Å². The van der Waals surface area contributed by atoms with Crippen molar-refractivity contribution < 1.29 is 9.90 Å². The van der Waals surface area contributed by atoms with E-state index in [9.17, 15) is 4.79 Å². The zero-order valence-corrected chi connectivity index (χ0v) is 11.1. The Kier molecular flexibility index (Phi) is 6.78. The quantitative estimate of drug-likeness (QED) is 0.563. The lowest BCUT2D eigenvalue weighted by Gasteiger charge is -2.02. The van der Waals surface area contributed by atoms with Crippen molar-refractivity contribution in [3.63, 3.8) is 0 Å². The van der Waals surface area contributed by atoms with E-state index in [2.05, 4.69) is 6.92 Å². The van der Waals surface area contributed by atoms with E-state index in [0.29, 0.717) is 11.3 Å². The van der Waals surface area contributed by atoms with Crippen LogP contribution in [0.2, 0.25) is 0 Å². The Balaban J connectivity index is 2.19. The fourth-order valence-electron chi connectivity index (χ4n) is 1.53. The van der Waals surface area contributed by atoms with Crippen LogP contribution in [0.1, 0.15) is 43.0 Å². The van der Waals surface area contributed by atoms with Crippen LogP contribution in [-0.4, -0.2) is 22.4 Å². The number of hydrogen-bond donors (Lipinski definition) is 1. The predicted molar refractivity (Wildman–Crippen MR) is 73.9 cm³/mol. The largest absolute Gasteiger partial charge is 0.508 e. The molecule has 0 saturated carbocycles. The molecule has 0 saturated heterocycles. The van der Waals surface area contributed by atoms with Gasteiger partial charge in [0.15, 0.2) is 5.78 Å². The molecule has 0 aliphatic heterocycles. The molecule has 17 heavy (non-hydrogen) atoms. The van der Waals surface area contributed by atoms with Crippen LogP contribution in [0.3, 0.4) is 0 Å². The zero-order valence-electron chi connectivity index (χ0n) is 10.3. The first-order valence-electron chi connectivity index (χ1n) is 6.14. The number of hydrogen-bond acceptors (Lipinski definition) is 3. The molecule has 0 aliphatic carbocycles. The van der Waals surface area contributed by atoms with Crippen molar-refractivity contribution in [1.82, 2.24) is 0 Å². The van der Waals surface area contributed by atoms with Gasteiger partial charge in [0.25, 0.3) is 0 Å². The van der Waals surface area contributed by atoms with Gasteiger partial charge in [0.05, 0.1) is 5.75 Å². The highest BCUT2D eigenvalue weighted by atomic mass is 32.2. The number of rotatable bonds is 8. The van der Waals surface area contributed by atoms with Gasteiger partial charge in [-0.15, -0.1) is 0 Å². The summed E-state index contributed by atoms with van der Waals surface area (Å²) in [5, 5.41) is 9.12. The molecule has 0 fully saturated rings. The molecule has 0 atom stereocenters. The first-order chi connectivity index (χ1) is 8.24. The van der Waals surface area contributed by atoms with Crippen LogP contribution < -0.4 is 0 Å². The van der Waals surface area contributed by atoms with Crippen LogP contribution >= 0.6 is 11.8 Å². The lowest BCUT2D eigenvalue weighted by atomic mass is 10.1. The molecular weight excluding hydrogens is 232 g/mol. The van der Waals surface area contributed by atoms with Crippen molar-refractivity contribution in [3.8, 4) is 5.75 Å². The summed E-state index contributed by atoms with van der Waals surface area (Å²) in [6.07, 6.45) is 4.99. The topological polar surface area (TPSA) is 37.3 Å². The standard InChI is InChI=1S/C14H20O2S/c1-2-3-4-5-10-17-11-14(16)12-6-8-13(15)9-7-12/h6-9,15H,2-5,10-11H2,1H3. The molecule has 1 aromatic rings. The fourth-order valence-corrected chi connectivity index (χ4v) is 2.43. The van der Waals surface area contributed by atoms with E-state index in [-0.39, 0.29) is 11.5 Å². The van der Waals surface area contributed by atoms with Gasteiger partial charge in [-0.1, -0.05) is 26.2 Å². The molecule has 94 valence electrons. The Morgan fingerprint density at radius 3 is 2.53 bits per heavy atom. The van der Waals surface area contributed by atoms with E-state index in [0.717, 1.165) is 5.75 Å². The van der Waals surface area contributed by atoms with Crippen molar-refractivity contribution in [2.75, 3.05) is 11.5 Å². The number of phenolic OH excluding ortho intramolecular Hbond substituents is 1. The van der Waals surface area contributed by atoms with Gasteiger partial charge in [-0.25, -0.2) is 0 Å². The molecule has 3 heteroatoms. The van der Waals surface area contributed by atoms with Crippen molar-refractivity contribution in [3.05, 3.63) is 29.8 Å². The van der Waals surface area contributed by atoms with Gasteiger partial charge < -0.3 is 5.11 Å². The van der Waals surface area contributed by atoms with Gasteiger partial charge in [0.2, 0.25) is 0 Å². The summed E-state index contributed by atoms with van der Waals surface area (Å²) >= 11 is 1.70. The molecule has 0 radical (unpaired) electrons. The molecule has 2 nitrogen and oxygen atoms in total. The fraction of sp³-hybridized carbons (Fsp3) is 0.500. The van der Waals surface area contributed by atoms with Crippen molar-refractivity contribution >= 4 is 17.5 Å². The molecule has 1 N–H and O–H groups in total. The number of phenols is 1. The summed E-state index contributed by atoms with van der Waals surface area (Å²) in [6.45, 7) is 2.20. The third-order valence-electron chi connectivity index (χ3n) is 2.56. The van der Waals surface area contributed by atoms with E-state index in [1.54, 1.807) is 36.0 Å². The molecule has 0 heterocycles. The molecule has 1 rings (SSSR count). The van der Waals surface area contributed by atoms with Gasteiger partial charge in [-0.3, -0.25) is 4.79 Å². The molecular formula is C14H20O2S. The number of Topliss-reactive ketones (excluding diaryl/α,β-unsaturated/α-hetero) is 1. The lowest BCUT2D eigenvalue weighted by molar-refractivity contribution is 0.102. The maximum atomic E-state index is 11.7. The van der Waals surface area contributed by atoms with E-state index < -0.39 is 0 Å². The Morgan fingerprint density at radius 1 is 1.18 bits per heavy atom. The summed E-state index contributed by atoms with van der Waals surface area (Å²) < 4.78 is 0. The van der Waals surface area contributed by atoms with E-state index >= 15 is 0 Å².